The van der Waals surface area contributed by atoms with Crippen LogP contribution in [0.15, 0.2) is 27.1 Å². The number of furan rings is 1. The first-order valence-corrected chi connectivity index (χ1v) is 4.63. The van der Waals surface area contributed by atoms with Gasteiger partial charge in [-0.25, -0.2) is 0 Å². The molecular formula is C10H9BrO. The molecule has 0 saturated heterocycles. The average molecular weight is 225 g/mol. The minimum absolute atomic E-state index is 0.944. The Bertz CT molecular complexity index is 429. The summed E-state index contributed by atoms with van der Waals surface area (Å²) < 4.78 is 6.61. The van der Waals surface area contributed by atoms with Crippen LogP contribution in [-0.2, 0) is 0 Å². The van der Waals surface area contributed by atoms with Crippen molar-refractivity contribution in [2.75, 3.05) is 0 Å². The van der Waals surface area contributed by atoms with E-state index in [1.807, 2.05) is 19.1 Å². The Kier molecular flexibility index (Phi) is 1.72. The van der Waals surface area contributed by atoms with Crippen LogP contribution in [0.4, 0.5) is 0 Å². The third-order valence-electron chi connectivity index (χ3n) is 2.03. The van der Waals surface area contributed by atoms with Gasteiger partial charge in [0.25, 0.3) is 0 Å². The Balaban J connectivity index is 2.97. The van der Waals surface area contributed by atoms with E-state index in [-0.39, 0.29) is 0 Å². The molecule has 0 aliphatic carbocycles. The van der Waals surface area contributed by atoms with Crippen molar-refractivity contribution in [3.8, 4) is 0 Å². The quantitative estimate of drug-likeness (QED) is 0.664. The third kappa shape index (κ3) is 0.985. The maximum absolute atomic E-state index is 5.53. The van der Waals surface area contributed by atoms with Crippen molar-refractivity contribution >= 4 is 26.9 Å². The molecule has 2 rings (SSSR count). The summed E-state index contributed by atoms with van der Waals surface area (Å²) in [4.78, 5) is 0. The smallest absolute Gasteiger partial charge is 0.135 e. The normalized spacial score (nSPS) is 10.9. The third-order valence-corrected chi connectivity index (χ3v) is 2.98. The first-order valence-electron chi connectivity index (χ1n) is 3.84. The molecule has 62 valence electrons. The predicted molar refractivity (Wildman–Crippen MR) is 53.4 cm³/mol. The van der Waals surface area contributed by atoms with E-state index < -0.39 is 0 Å². The molecule has 1 aromatic carbocycles. The molecule has 0 bridgehead atoms. The monoisotopic (exact) mass is 224 g/mol. The van der Waals surface area contributed by atoms with Gasteiger partial charge in [0.15, 0.2) is 0 Å². The zero-order chi connectivity index (χ0) is 8.72. The molecular weight excluding hydrogens is 216 g/mol. The van der Waals surface area contributed by atoms with Gasteiger partial charge in [-0.15, -0.1) is 0 Å². The van der Waals surface area contributed by atoms with Crippen LogP contribution in [0.3, 0.4) is 0 Å². The van der Waals surface area contributed by atoms with Gasteiger partial charge in [-0.05, 0) is 41.4 Å². The van der Waals surface area contributed by atoms with Crippen molar-refractivity contribution in [3.63, 3.8) is 0 Å². The average Bonchev–Trinajstić information content (AvgIpc) is 2.29. The molecule has 1 heterocycles. The molecule has 2 heteroatoms. The van der Waals surface area contributed by atoms with Gasteiger partial charge in [0, 0.05) is 5.39 Å². The van der Waals surface area contributed by atoms with Gasteiger partial charge in [0.1, 0.15) is 11.3 Å². The fourth-order valence-electron chi connectivity index (χ4n) is 1.39. The standard InChI is InChI=1S/C10H9BrO/c1-6-4-3-5-8-9(6)10(11)7(2)12-8/h3-5H,1-2H3. The van der Waals surface area contributed by atoms with Gasteiger partial charge in [-0.1, -0.05) is 12.1 Å². The lowest BCUT2D eigenvalue weighted by Crippen LogP contribution is -1.72. The number of hydrogen-bond acceptors (Lipinski definition) is 1. The van der Waals surface area contributed by atoms with E-state index in [0.29, 0.717) is 0 Å². The lowest BCUT2D eigenvalue weighted by Gasteiger charge is -1.92. The first-order chi connectivity index (χ1) is 5.70. The molecule has 1 aromatic heterocycles. The maximum Gasteiger partial charge on any atom is 0.135 e. The van der Waals surface area contributed by atoms with E-state index in [1.54, 1.807) is 0 Å². The summed E-state index contributed by atoms with van der Waals surface area (Å²) in [5.41, 5.74) is 2.20. The summed E-state index contributed by atoms with van der Waals surface area (Å²) in [6, 6.07) is 6.08. The summed E-state index contributed by atoms with van der Waals surface area (Å²) in [7, 11) is 0. The van der Waals surface area contributed by atoms with Crippen LogP contribution < -0.4 is 0 Å². The fourth-order valence-corrected chi connectivity index (χ4v) is 1.98. The second-order valence-electron chi connectivity index (χ2n) is 2.92. The molecule has 0 fully saturated rings. The van der Waals surface area contributed by atoms with E-state index >= 15 is 0 Å². The van der Waals surface area contributed by atoms with E-state index in [0.717, 1.165) is 15.8 Å². The molecule has 0 amide bonds. The highest BCUT2D eigenvalue weighted by Gasteiger charge is 2.08. The number of hydrogen-bond donors (Lipinski definition) is 0. The Labute approximate surface area is 79.5 Å². The maximum atomic E-state index is 5.53. The largest absolute Gasteiger partial charge is 0.460 e. The van der Waals surface area contributed by atoms with Crippen LogP contribution in [0.5, 0.6) is 0 Å². The Morgan fingerprint density at radius 1 is 1.25 bits per heavy atom. The predicted octanol–water partition coefficient (Wildman–Crippen LogP) is 3.81. The van der Waals surface area contributed by atoms with Gasteiger partial charge < -0.3 is 4.42 Å². The van der Waals surface area contributed by atoms with Crippen LogP contribution in [0.2, 0.25) is 0 Å². The van der Waals surface area contributed by atoms with Crippen LogP contribution in [0.25, 0.3) is 11.0 Å². The summed E-state index contributed by atoms with van der Waals surface area (Å²) in [5, 5.41) is 1.19. The molecule has 0 N–H and O–H groups in total. The van der Waals surface area contributed by atoms with E-state index in [2.05, 4.69) is 28.9 Å². The molecule has 0 radical (unpaired) electrons. The van der Waals surface area contributed by atoms with E-state index in [4.69, 9.17) is 4.42 Å². The van der Waals surface area contributed by atoms with Crippen molar-refractivity contribution in [2.45, 2.75) is 13.8 Å². The van der Waals surface area contributed by atoms with Gasteiger partial charge >= 0.3 is 0 Å². The van der Waals surface area contributed by atoms with Crippen LogP contribution in [0, 0.1) is 13.8 Å². The Morgan fingerprint density at radius 2 is 2.00 bits per heavy atom. The highest BCUT2D eigenvalue weighted by Crippen LogP contribution is 2.32. The van der Waals surface area contributed by atoms with Crippen LogP contribution in [-0.4, -0.2) is 0 Å². The molecule has 1 nitrogen and oxygen atoms in total. The SMILES string of the molecule is Cc1oc2cccc(C)c2c1Br. The number of rotatable bonds is 0. The fraction of sp³-hybridized carbons (Fsp3) is 0.200. The van der Waals surface area contributed by atoms with Crippen molar-refractivity contribution in [1.82, 2.24) is 0 Å². The lowest BCUT2D eigenvalue weighted by molar-refractivity contribution is 0.576. The highest BCUT2D eigenvalue weighted by molar-refractivity contribution is 9.10. The molecule has 0 unspecified atom stereocenters. The molecule has 0 aliphatic rings. The number of aryl methyl sites for hydroxylation is 2. The summed E-state index contributed by atoms with van der Waals surface area (Å²) in [6.07, 6.45) is 0. The van der Waals surface area contributed by atoms with Crippen molar-refractivity contribution in [1.29, 1.82) is 0 Å². The van der Waals surface area contributed by atoms with Gasteiger partial charge in [-0.2, -0.15) is 0 Å². The topological polar surface area (TPSA) is 13.1 Å². The molecule has 0 spiro atoms. The number of halogens is 1. The zero-order valence-electron chi connectivity index (χ0n) is 7.02. The molecule has 12 heavy (non-hydrogen) atoms. The first kappa shape index (κ1) is 7.87. The molecule has 0 atom stereocenters. The van der Waals surface area contributed by atoms with Gasteiger partial charge in [0.2, 0.25) is 0 Å². The molecule has 2 aromatic rings. The second kappa shape index (κ2) is 2.63. The lowest BCUT2D eigenvalue weighted by atomic mass is 10.1. The second-order valence-corrected chi connectivity index (χ2v) is 3.71. The van der Waals surface area contributed by atoms with Crippen molar-refractivity contribution in [3.05, 3.63) is 34.0 Å². The molecule has 0 saturated carbocycles. The Morgan fingerprint density at radius 3 is 2.67 bits per heavy atom. The van der Waals surface area contributed by atoms with Crippen LogP contribution >= 0.6 is 15.9 Å². The summed E-state index contributed by atoms with van der Waals surface area (Å²) >= 11 is 3.51. The summed E-state index contributed by atoms with van der Waals surface area (Å²) in [6.45, 7) is 4.05. The zero-order valence-corrected chi connectivity index (χ0v) is 8.60. The molecule has 0 aliphatic heterocycles. The van der Waals surface area contributed by atoms with E-state index in [9.17, 15) is 0 Å². The van der Waals surface area contributed by atoms with Gasteiger partial charge in [-0.3, -0.25) is 0 Å². The Hall–Kier alpha value is -0.760. The van der Waals surface area contributed by atoms with Gasteiger partial charge in [0.05, 0.1) is 4.47 Å². The van der Waals surface area contributed by atoms with Crippen LogP contribution in [0.1, 0.15) is 11.3 Å². The minimum Gasteiger partial charge on any atom is -0.460 e. The minimum atomic E-state index is 0.944. The number of fused-ring (bicyclic) bond motifs is 1. The van der Waals surface area contributed by atoms with E-state index in [1.165, 1.54) is 10.9 Å². The van der Waals surface area contributed by atoms with Crippen molar-refractivity contribution in [2.24, 2.45) is 0 Å². The highest BCUT2D eigenvalue weighted by atomic mass is 79.9. The summed E-state index contributed by atoms with van der Waals surface area (Å²) in [5.74, 6) is 0.944. The van der Waals surface area contributed by atoms with Crippen molar-refractivity contribution < 1.29 is 4.42 Å². The number of benzene rings is 1.